The van der Waals surface area contributed by atoms with Crippen LogP contribution >= 0.6 is 0 Å². The number of carbonyl (C=O) groups is 2. The van der Waals surface area contributed by atoms with Crippen LogP contribution in [0.25, 0.3) is 0 Å². The maximum atomic E-state index is 13.9. The van der Waals surface area contributed by atoms with Gasteiger partial charge in [-0.1, -0.05) is 30.3 Å². The van der Waals surface area contributed by atoms with E-state index in [1.54, 1.807) is 41.3 Å². The third-order valence-corrected chi connectivity index (χ3v) is 6.75. The van der Waals surface area contributed by atoms with Crippen molar-refractivity contribution in [2.24, 2.45) is 0 Å². The second-order valence-electron chi connectivity index (χ2n) is 8.68. The molecule has 3 heterocycles. The molecule has 0 radical (unpaired) electrons. The van der Waals surface area contributed by atoms with Crippen LogP contribution in [0.4, 0.5) is 5.69 Å². The number of aliphatic carboxylic acids is 1. The molecule has 0 unspecified atom stereocenters. The Bertz CT molecular complexity index is 1300. The van der Waals surface area contributed by atoms with E-state index >= 15 is 0 Å². The number of hydrogen-bond acceptors (Lipinski definition) is 5. The molecule has 0 bridgehead atoms. The molecule has 3 aromatic carbocycles. The van der Waals surface area contributed by atoms with E-state index in [2.05, 4.69) is 0 Å². The van der Waals surface area contributed by atoms with Crippen LogP contribution < -0.4 is 14.4 Å². The highest BCUT2D eigenvalue weighted by Gasteiger charge is 2.45. The minimum Gasteiger partial charge on any atom is -0.486 e. The van der Waals surface area contributed by atoms with Gasteiger partial charge in [0.1, 0.15) is 19.1 Å². The van der Waals surface area contributed by atoms with Crippen LogP contribution in [0.2, 0.25) is 0 Å². The van der Waals surface area contributed by atoms with Crippen molar-refractivity contribution in [3.8, 4) is 11.5 Å². The zero-order chi connectivity index (χ0) is 23.2. The van der Waals surface area contributed by atoms with Gasteiger partial charge in [-0.2, -0.15) is 0 Å². The SMILES string of the molecule is O=C(O)[C@H]1c2ccccc2C(=O)N(c2ccc3c(c2)COCC3)[C@@H]1c1ccc2c(c1)OCCO2. The lowest BCUT2D eigenvalue weighted by Crippen LogP contribution is -2.45. The number of nitrogens with zero attached hydrogens (tertiary/aromatic N) is 1. The fourth-order valence-electron chi connectivity index (χ4n) is 5.17. The molecule has 7 heteroatoms. The molecule has 3 aromatic rings. The van der Waals surface area contributed by atoms with Gasteiger partial charge in [-0.05, 0) is 59.0 Å². The largest absolute Gasteiger partial charge is 0.486 e. The van der Waals surface area contributed by atoms with Crippen molar-refractivity contribution in [2.45, 2.75) is 25.0 Å². The molecule has 1 amide bonds. The number of rotatable bonds is 3. The van der Waals surface area contributed by atoms with Crippen molar-refractivity contribution in [1.29, 1.82) is 0 Å². The van der Waals surface area contributed by atoms with E-state index in [1.807, 2.05) is 24.3 Å². The number of hydrogen-bond donors (Lipinski definition) is 1. The van der Waals surface area contributed by atoms with Crippen LogP contribution in [0.1, 0.15) is 44.6 Å². The van der Waals surface area contributed by atoms with Crippen LogP contribution in [0.5, 0.6) is 11.5 Å². The van der Waals surface area contributed by atoms with Crippen LogP contribution in [-0.2, 0) is 22.6 Å². The molecular formula is C27H23NO6. The number of carbonyl (C=O) groups excluding carboxylic acids is 1. The predicted molar refractivity (Wildman–Crippen MR) is 124 cm³/mol. The normalized spacial score (nSPS) is 20.9. The number of fused-ring (bicyclic) bond motifs is 3. The average Bonchev–Trinajstić information content (AvgIpc) is 2.88. The Balaban J connectivity index is 1.55. The number of carboxylic acid groups (broad SMARTS) is 1. The highest BCUT2D eigenvalue weighted by atomic mass is 16.6. The monoisotopic (exact) mass is 457 g/mol. The Morgan fingerprint density at radius 2 is 1.74 bits per heavy atom. The van der Waals surface area contributed by atoms with Gasteiger partial charge in [-0.3, -0.25) is 14.5 Å². The number of benzene rings is 3. The summed E-state index contributed by atoms with van der Waals surface area (Å²) in [6.45, 7) is 2.02. The summed E-state index contributed by atoms with van der Waals surface area (Å²) in [6, 6.07) is 17.5. The van der Waals surface area contributed by atoms with Crippen LogP contribution in [-0.4, -0.2) is 36.8 Å². The van der Waals surface area contributed by atoms with Crippen LogP contribution in [0, 0.1) is 0 Å². The van der Waals surface area contributed by atoms with Gasteiger partial charge in [-0.15, -0.1) is 0 Å². The molecule has 34 heavy (non-hydrogen) atoms. The zero-order valence-corrected chi connectivity index (χ0v) is 18.4. The molecule has 0 aromatic heterocycles. The first-order valence-corrected chi connectivity index (χ1v) is 11.4. The lowest BCUT2D eigenvalue weighted by molar-refractivity contribution is -0.139. The Kier molecular flexibility index (Phi) is 4.99. The summed E-state index contributed by atoms with van der Waals surface area (Å²) in [5.74, 6) is -1.01. The lowest BCUT2D eigenvalue weighted by Gasteiger charge is -2.41. The van der Waals surface area contributed by atoms with E-state index in [0.717, 1.165) is 12.0 Å². The second kappa shape index (κ2) is 8.18. The van der Waals surface area contributed by atoms with E-state index in [0.29, 0.717) is 60.3 Å². The van der Waals surface area contributed by atoms with Crippen LogP contribution in [0.15, 0.2) is 60.7 Å². The number of ether oxygens (including phenoxy) is 3. The quantitative estimate of drug-likeness (QED) is 0.638. The van der Waals surface area contributed by atoms with Gasteiger partial charge < -0.3 is 19.3 Å². The first kappa shape index (κ1) is 20.7. The minimum absolute atomic E-state index is 0.232. The molecule has 3 aliphatic rings. The van der Waals surface area contributed by atoms with Gasteiger partial charge >= 0.3 is 5.97 Å². The van der Waals surface area contributed by atoms with Gasteiger partial charge in [-0.25, -0.2) is 0 Å². The van der Waals surface area contributed by atoms with Crippen molar-refractivity contribution in [3.63, 3.8) is 0 Å². The molecule has 3 aliphatic heterocycles. The number of amides is 1. The summed E-state index contributed by atoms with van der Waals surface area (Å²) in [7, 11) is 0. The van der Waals surface area contributed by atoms with Crippen molar-refractivity contribution < 1.29 is 28.9 Å². The first-order chi connectivity index (χ1) is 16.6. The topological polar surface area (TPSA) is 85.3 Å². The standard InChI is InChI=1S/C27H23NO6/c29-26-21-4-2-1-3-20(21)24(27(30)31)25(17-6-8-22-23(14-17)34-12-11-33-22)28(26)19-7-5-16-9-10-32-15-18(16)13-19/h1-8,13-14,24-25H,9-12,15H2,(H,30,31)/t24-,25+/m0/s1. The number of anilines is 1. The van der Waals surface area contributed by atoms with E-state index in [1.165, 1.54) is 5.56 Å². The predicted octanol–water partition coefficient (Wildman–Crippen LogP) is 4.10. The Hall–Kier alpha value is -3.84. The Morgan fingerprint density at radius 1 is 0.912 bits per heavy atom. The summed E-state index contributed by atoms with van der Waals surface area (Å²) in [6.07, 6.45) is 0.815. The van der Waals surface area contributed by atoms with Gasteiger partial charge in [0.25, 0.3) is 5.91 Å². The molecule has 7 nitrogen and oxygen atoms in total. The van der Waals surface area contributed by atoms with Crippen molar-refractivity contribution in [1.82, 2.24) is 0 Å². The average molecular weight is 457 g/mol. The lowest BCUT2D eigenvalue weighted by atomic mass is 9.79. The fourth-order valence-corrected chi connectivity index (χ4v) is 5.17. The maximum absolute atomic E-state index is 13.9. The van der Waals surface area contributed by atoms with Gasteiger partial charge in [0.2, 0.25) is 0 Å². The highest BCUT2D eigenvalue weighted by molar-refractivity contribution is 6.11. The second-order valence-corrected chi connectivity index (χ2v) is 8.68. The van der Waals surface area contributed by atoms with E-state index in [9.17, 15) is 14.7 Å². The number of carboxylic acids is 1. The Morgan fingerprint density at radius 3 is 2.59 bits per heavy atom. The Labute approximate surface area is 196 Å². The molecule has 0 fully saturated rings. The van der Waals surface area contributed by atoms with Gasteiger partial charge in [0.15, 0.2) is 11.5 Å². The van der Waals surface area contributed by atoms with E-state index < -0.39 is 17.9 Å². The summed E-state index contributed by atoms with van der Waals surface area (Å²) >= 11 is 0. The third kappa shape index (κ3) is 3.31. The smallest absolute Gasteiger partial charge is 0.313 e. The maximum Gasteiger partial charge on any atom is 0.313 e. The molecule has 1 N–H and O–H groups in total. The van der Waals surface area contributed by atoms with E-state index in [-0.39, 0.29) is 5.91 Å². The fraction of sp³-hybridized carbons (Fsp3) is 0.259. The van der Waals surface area contributed by atoms with Crippen LogP contribution in [0.3, 0.4) is 0 Å². The summed E-state index contributed by atoms with van der Waals surface area (Å²) in [5.41, 5.74) is 4.44. The molecule has 2 atom stereocenters. The zero-order valence-electron chi connectivity index (χ0n) is 18.4. The molecular weight excluding hydrogens is 434 g/mol. The molecule has 0 saturated carbocycles. The van der Waals surface area contributed by atoms with Gasteiger partial charge in [0, 0.05) is 11.3 Å². The summed E-state index contributed by atoms with van der Waals surface area (Å²) in [5, 5.41) is 10.4. The molecule has 172 valence electrons. The molecule has 0 aliphatic carbocycles. The minimum atomic E-state index is -0.994. The van der Waals surface area contributed by atoms with Crippen molar-refractivity contribution in [3.05, 3.63) is 88.5 Å². The highest BCUT2D eigenvalue weighted by Crippen LogP contribution is 2.47. The van der Waals surface area contributed by atoms with Gasteiger partial charge in [0.05, 0.1) is 19.3 Å². The molecule has 6 rings (SSSR count). The van der Waals surface area contributed by atoms with Crippen molar-refractivity contribution in [2.75, 3.05) is 24.7 Å². The summed E-state index contributed by atoms with van der Waals surface area (Å²) < 4.78 is 17.1. The first-order valence-electron chi connectivity index (χ1n) is 11.4. The van der Waals surface area contributed by atoms with Crippen molar-refractivity contribution >= 4 is 17.6 Å². The summed E-state index contributed by atoms with van der Waals surface area (Å²) in [4.78, 5) is 28.2. The van der Waals surface area contributed by atoms with E-state index in [4.69, 9.17) is 14.2 Å². The molecule has 0 spiro atoms. The third-order valence-electron chi connectivity index (χ3n) is 6.75. The molecule has 0 saturated heterocycles.